The van der Waals surface area contributed by atoms with Crippen molar-refractivity contribution in [3.05, 3.63) is 11.7 Å². The van der Waals surface area contributed by atoms with Gasteiger partial charge in [-0.15, -0.1) is 0 Å². The van der Waals surface area contributed by atoms with Crippen LogP contribution < -0.4 is 0 Å². The van der Waals surface area contributed by atoms with Gasteiger partial charge in [-0.2, -0.15) is 4.98 Å². The van der Waals surface area contributed by atoms with E-state index in [4.69, 9.17) is 9.26 Å². The summed E-state index contributed by atoms with van der Waals surface area (Å²) < 4.78 is 10.7. The molecule has 1 amide bonds. The highest BCUT2D eigenvalue weighted by Gasteiger charge is 2.53. The molecule has 2 aliphatic rings. The molecular weight excluding hydrogens is 246 g/mol. The number of ether oxygens (including phenoxy) is 1. The molecule has 19 heavy (non-hydrogen) atoms. The van der Waals surface area contributed by atoms with E-state index in [0.29, 0.717) is 31.5 Å². The first kappa shape index (κ1) is 12.6. The summed E-state index contributed by atoms with van der Waals surface area (Å²) in [5.41, 5.74) is 0.130. The fourth-order valence-corrected chi connectivity index (χ4v) is 2.61. The van der Waals surface area contributed by atoms with Gasteiger partial charge in [0.05, 0.1) is 13.2 Å². The van der Waals surface area contributed by atoms with E-state index in [-0.39, 0.29) is 23.3 Å². The summed E-state index contributed by atoms with van der Waals surface area (Å²) in [7, 11) is 0. The standard InChI is InChI=1S/C13H19N3O3/c1-8-14-11(19-15-8)10-7-18-5-4-16(10)12(17)9-6-13(9,2)3/h9-10H,4-7H2,1-3H3. The maximum absolute atomic E-state index is 12.5. The van der Waals surface area contributed by atoms with Crippen LogP contribution in [-0.4, -0.2) is 40.7 Å². The predicted molar refractivity (Wildman–Crippen MR) is 66.2 cm³/mol. The number of hydrogen-bond donors (Lipinski definition) is 0. The van der Waals surface area contributed by atoms with Crippen LogP contribution in [0, 0.1) is 18.3 Å². The summed E-state index contributed by atoms with van der Waals surface area (Å²) in [5.74, 6) is 1.37. The fraction of sp³-hybridized carbons (Fsp3) is 0.769. The summed E-state index contributed by atoms with van der Waals surface area (Å²) in [4.78, 5) is 18.6. The molecule has 1 saturated heterocycles. The first-order valence-electron chi connectivity index (χ1n) is 6.67. The summed E-state index contributed by atoms with van der Waals surface area (Å²) in [6.45, 7) is 7.62. The van der Waals surface area contributed by atoms with E-state index < -0.39 is 0 Å². The van der Waals surface area contributed by atoms with Gasteiger partial charge in [0.2, 0.25) is 5.91 Å². The number of hydrogen-bond acceptors (Lipinski definition) is 5. The van der Waals surface area contributed by atoms with Crippen LogP contribution >= 0.6 is 0 Å². The lowest BCUT2D eigenvalue weighted by atomic mass is 10.1. The van der Waals surface area contributed by atoms with Gasteiger partial charge in [-0.3, -0.25) is 4.79 Å². The fourth-order valence-electron chi connectivity index (χ4n) is 2.61. The Morgan fingerprint density at radius 1 is 1.47 bits per heavy atom. The van der Waals surface area contributed by atoms with Crippen LogP contribution in [0.1, 0.15) is 38.0 Å². The molecule has 1 aromatic rings. The summed E-state index contributed by atoms with van der Waals surface area (Å²) in [6.07, 6.45) is 0.957. The summed E-state index contributed by atoms with van der Waals surface area (Å²) in [6, 6.07) is -0.237. The van der Waals surface area contributed by atoms with Crippen molar-refractivity contribution < 1.29 is 14.1 Å². The highest BCUT2D eigenvalue weighted by Crippen LogP contribution is 2.53. The molecule has 3 rings (SSSR count). The number of amides is 1. The Balaban J connectivity index is 1.80. The molecule has 0 aromatic carbocycles. The third kappa shape index (κ3) is 2.25. The number of rotatable bonds is 2. The van der Waals surface area contributed by atoms with E-state index in [2.05, 4.69) is 24.0 Å². The number of aromatic nitrogens is 2. The molecule has 104 valence electrons. The Labute approximate surface area is 112 Å². The van der Waals surface area contributed by atoms with E-state index in [1.807, 2.05) is 4.90 Å². The molecule has 1 aromatic heterocycles. The zero-order valence-corrected chi connectivity index (χ0v) is 11.5. The molecule has 2 fully saturated rings. The SMILES string of the molecule is Cc1noc(C2COCCN2C(=O)C2CC2(C)C)n1. The zero-order valence-electron chi connectivity index (χ0n) is 11.5. The highest BCUT2D eigenvalue weighted by atomic mass is 16.5. The van der Waals surface area contributed by atoms with Gasteiger partial charge in [0.1, 0.15) is 6.04 Å². The predicted octanol–water partition coefficient (Wildman–Crippen LogP) is 1.32. The van der Waals surface area contributed by atoms with Crippen LogP contribution in [-0.2, 0) is 9.53 Å². The van der Waals surface area contributed by atoms with E-state index in [1.165, 1.54) is 0 Å². The van der Waals surface area contributed by atoms with E-state index >= 15 is 0 Å². The van der Waals surface area contributed by atoms with Crippen molar-refractivity contribution in [2.75, 3.05) is 19.8 Å². The molecule has 1 aliphatic carbocycles. The van der Waals surface area contributed by atoms with Crippen molar-refractivity contribution in [2.24, 2.45) is 11.3 Å². The number of morpholine rings is 1. The lowest BCUT2D eigenvalue weighted by Gasteiger charge is -2.33. The lowest BCUT2D eigenvalue weighted by Crippen LogP contribution is -2.44. The van der Waals surface area contributed by atoms with Gasteiger partial charge in [0.25, 0.3) is 5.89 Å². The van der Waals surface area contributed by atoms with Gasteiger partial charge in [-0.1, -0.05) is 19.0 Å². The van der Waals surface area contributed by atoms with Crippen molar-refractivity contribution in [2.45, 2.75) is 33.2 Å². The highest BCUT2D eigenvalue weighted by molar-refractivity contribution is 5.83. The quantitative estimate of drug-likeness (QED) is 0.806. The Bertz CT molecular complexity index is 497. The second-order valence-electron chi connectivity index (χ2n) is 6.05. The smallest absolute Gasteiger partial charge is 0.251 e. The molecule has 2 heterocycles. The van der Waals surface area contributed by atoms with Gasteiger partial charge in [-0.05, 0) is 18.8 Å². The molecule has 1 aliphatic heterocycles. The molecule has 2 atom stereocenters. The number of carbonyl (C=O) groups excluding carboxylic acids is 1. The number of nitrogens with zero attached hydrogens (tertiary/aromatic N) is 3. The molecule has 2 unspecified atom stereocenters. The first-order valence-corrected chi connectivity index (χ1v) is 6.67. The Kier molecular flexibility index (Phi) is 2.85. The van der Waals surface area contributed by atoms with Crippen LogP contribution in [0.3, 0.4) is 0 Å². The molecule has 6 heteroatoms. The topological polar surface area (TPSA) is 68.5 Å². The van der Waals surface area contributed by atoms with Gasteiger partial charge in [0, 0.05) is 12.5 Å². The van der Waals surface area contributed by atoms with E-state index in [9.17, 15) is 4.79 Å². The Morgan fingerprint density at radius 3 is 2.79 bits per heavy atom. The monoisotopic (exact) mass is 265 g/mol. The van der Waals surface area contributed by atoms with Gasteiger partial charge in [-0.25, -0.2) is 0 Å². The van der Waals surface area contributed by atoms with Crippen LogP contribution in [0.25, 0.3) is 0 Å². The number of carbonyl (C=O) groups is 1. The Hall–Kier alpha value is -1.43. The van der Waals surface area contributed by atoms with Gasteiger partial charge < -0.3 is 14.2 Å². The molecule has 0 N–H and O–H groups in total. The summed E-state index contributed by atoms with van der Waals surface area (Å²) >= 11 is 0. The van der Waals surface area contributed by atoms with Crippen molar-refractivity contribution in [1.29, 1.82) is 0 Å². The van der Waals surface area contributed by atoms with Crippen molar-refractivity contribution in [3.63, 3.8) is 0 Å². The van der Waals surface area contributed by atoms with Crippen LogP contribution in [0.15, 0.2) is 4.52 Å². The third-order valence-corrected chi connectivity index (χ3v) is 4.05. The zero-order chi connectivity index (χ0) is 13.6. The largest absolute Gasteiger partial charge is 0.377 e. The molecule has 6 nitrogen and oxygen atoms in total. The van der Waals surface area contributed by atoms with E-state index in [1.54, 1.807) is 6.92 Å². The summed E-state index contributed by atoms with van der Waals surface area (Å²) in [5, 5.41) is 3.80. The number of aryl methyl sites for hydroxylation is 1. The van der Waals surface area contributed by atoms with Crippen molar-refractivity contribution in [1.82, 2.24) is 15.0 Å². The van der Waals surface area contributed by atoms with Gasteiger partial charge >= 0.3 is 0 Å². The maximum Gasteiger partial charge on any atom is 0.251 e. The molecule has 0 bridgehead atoms. The Morgan fingerprint density at radius 2 is 2.21 bits per heavy atom. The van der Waals surface area contributed by atoms with Gasteiger partial charge in [0.15, 0.2) is 5.82 Å². The average Bonchev–Trinajstić information content (AvgIpc) is 2.82. The van der Waals surface area contributed by atoms with E-state index in [0.717, 1.165) is 6.42 Å². The second-order valence-corrected chi connectivity index (χ2v) is 6.05. The molecular formula is C13H19N3O3. The molecule has 0 spiro atoms. The third-order valence-electron chi connectivity index (χ3n) is 4.05. The maximum atomic E-state index is 12.5. The average molecular weight is 265 g/mol. The van der Waals surface area contributed by atoms with Crippen molar-refractivity contribution in [3.8, 4) is 0 Å². The minimum atomic E-state index is -0.237. The van der Waals surface area contributed by atoms with Crippen LogP contribution in [0.5, 0.6) is 0 Å². The minimum absolute atomic E-state index is 0.122. The first-order chi connectivity index (χ1) is 8.99. The molecule has 1 saturated carbocycles. The molecule has 0 radical (unpaired) electrons. The van der Waals surface area contributed by atoms with Crippen LogP contribution in [0.4, 0.5) is 0 Å². The lowest BCUT2D eigenvalue weighted by molar-refractivity contribution is -0.143. The van der Waals surface area contributed by atoms with Crippen molar-refractivity contribution >= 4 is 5.91 Å². The minimum Gasteiger partial charge on any atom is -0.377 e. The second kappa shape index (κ2) is 4.30. The normalized spacial score (nSPS) is 29.3. The van der Waals surface area contributed by atoms with Crippen LogP contribution in [0.2, 0.25) is 0 Å².